The van der Waals surface area contributed by atoms with Crippen molar-refractivity contribution in [1.82, 2.24) is 0 Å². The topological polar surface area (TPSA) is 26.3 Å². The first-order valence-corrected chi connectivity index (χ1v) is 15.1. The van der Waals surface area contributed by atoms with Gasteiger partial charge >= 0.3 is 5.97 Å². The SMILES string of the molecule is CCCC/C=C\CCCCCCCC(=O)OCCCCCCCCCCCCCCCCC. The third kappa shape index (κ3) is 29.2. The maximum absolute atomic E-state index is 11.8. The van der Waals surface area contributed by atoms with Gasteiger partial charge in [0.15, 0.2) is 0 Å². The lowest BCUT2D eigenvalue weighted by Gasteiger charge is -2.05. The van der Waals surface area contributed by atoms with Crippen molar-refractivity contribution in [3.8, 4) is 0 Å². The van der Waals surface area contributed by atoms with Crippen LogP contribution in [0.25, 0.3) is 0 Å². The van der Waals surface area contributed by atoms with Crippen LogP contribution >= 0.6 is 0 Å². The van der Waals surface area contributed by atoms with Gasteiger partial charge in [0.25, 0.3) is 0 Å². The van der Waals surface area contributed by atoms with E-state index < -0.39 is 0 Å². The molecule has 0 aliphatic rings. The Kier molecular flexibility index (Phi) is 28.5. The number of carbonyl (C=O) groups is 1. The molecule has 2 heteroatoms. The summed E-state index contributed by atoms with van der Waals surface area (Å²) in [7, 11) is 0. The molecule has 0 fully saturated rings. The second-order valence-electron chi connectivity index (χ2n) is 10.1. The van der Waals surface area contributed by atoms with Crippen LogP contribution in [0.3, 0.4) is 0 Å². The van der Waals surface area contributed by atoms with E-state index >= 15 is 0 Å². The minimum atomic E-state index is 0.0132. The highest BCUT2D eigenvalue weighted by molar-refractivity contribution is 5.69. The standard InChI is InChI=1S/C31H60O2/c1-3-5-7-9-11-13-15-16-17-18-20-22-24-26-28-30-33-31(32)29-27-25-23-21-19-14-12-10-8-6-4-2/h10,12H,3-9,11,13-30H2,1-2H3/b12-10-. The van der Waals surface area contributed by atoms with Crippen molar-refractivity contribution in [2.75, 3.05) is 6.61 Å². The Balaban J connectivity index is 3.16. The second kappa shape index (κ2) is 29.2. The Morgan fingerprint density at radius 1 is 0.485 bits per heavy atom. The summed E-state index contributed by atoms with van der Waals surface area (Å²) in [5, 5.41) is 0. The molecule has 0 spiro atoms. The van der Waals surface area contributed by atoms with Crippen LogP contribution in [0.5, 0.6) is 0 Å². The van der Waals surface area contributed by atoms with E-state index in [1.165, 1.54) is 135 Å². The average Bonchev–Trinajstić information content (AvgIpc) is 2.82. The molecule has 0 aliphatic carbocycles. The molecular formula is C31H60O2. The van der Waals surface area contributed by atoms with Crippen molar-refractivity contribution in [2.24, 2.45) is 0 Å². The first-order valence-electron chi connectivity index (χ1n) is 15.1. The highest BCUT2D eigenvalue weighted by atomic mass is 16.5. The highest BCUT2D eigenvalue weighted by Crippen LogP contribution is 2.13. The summed E-state index contributed by atoms with van der Waals surface area (Å²) in [6, 6.07) is 0. The molecule has 0 amide bonds. The first kappa shape index (κ1) is 32.2. The minimum Gasteiger partial charge on any atom is -0.466 e. The van der Waals surface area contributed by atoms with Gasteiger partial charge in [0.05, 0.1) is 6.61 Å². The van der Waals surface area contributed by atoms with Gasteiger partial charge in [-0.05, 0) is 32.1 Å². The highest BCUT2D eigenvalue weighted by Gasteiger charge is 2.02. The molecule has 0 rings (SSSR count). The van der Waals surface area contributed by atoms with E-state index in [0.717, 1.165) is 19.3 Å². The molecule has 0 N–H and O–H groups in total. The number of ether oxygens (including phenoxy) is 1. The van der Waals surface area contributed by atoms with Gasteiger partial charge in [-0.1, -0.05) is 148 Å². The van der Waals surface area contributed by atoms with Crippen molar-refractivity contribution >= 4 is 5.97 Å². The molecule has 0 aromatic rings. The first-order chi connectivity index (χ1) is 16.3. The predicted octanol–water partition coefficient (Wildman–Crippen LogP) is 10.9. The zero-order chi connectivity index (χ0) is 24.1. The predicted molar refractivity (Wildman–Crippen MR) is 147 cm³/mol. The Hall–Kier alpha value is -0.790. The van der Waals surface area contributed by atoms with Crippen LogP contribution in [-0.2, 0) is 9.53 Å². The van der Waals surface area contributed by atoms with Crippen LogP contribution in [0.1, 0.15) is 174 Å². The zero-order valence-corrected chi connectivity index (χ0v) is 22.9. The van der Waals surface area contributed by atoms with Gasteiger partial charge in [0, 0.05) is 6.42 Å². The van der Waals surface area contributed by atoms with Crippen LogP contribution < -0.4 is 0 Å². The van der Waals surface area contributed by atoms with Gasteiger partial charge in [-0.15, -0.1) is 0 Å². The smallest absolute Gasteiger partial charge is 0.305 e. The molecule has 0 aliphatic heterocycles. The molecule has 2 nitrogen and oxygen atoms in total. The molecule has 196 valence electrons. The van der Waals surface area contributed by atoms with Gasteiger partial charge in [-0.3, -0.25) is 4.79 Å². The number of rotatable bonds is 27. The summed E-state index contributed by atoms with van der Waals surface area (Å²) in [6.45, 7) is 5.15. The molecule has 33 heavy (non-hydrogen) atoms. The quantitative estimate of drug-likeness (QED) is 0.0686. The Bertz CT molecular complexity index is 402. The van der Waals surface area contributed by atoms with E-state index in [4.69, 9.17) is 4.74 Å². The molecular weight excluding hydrogens is 404 g/mol. The number of carbonyl (C=O) groups excluding carboxylic acids is 1. The number of unbranched alkanes of at least 4 members (excludes halogenated alkanes) is 21. The summed E-state index contributed by atoms with van der Waals surface area (Å²) in [5.74, 6) is 0.0132. The normalized spacial score (nSPS) is 11.5. The maximum atomic E-state index is 11.8. The molecule has 0 aromatic heterocycles. The Morgan fingerprint density at radius 3 is 1.39 bits per heavy atom. The Morgan fingerprint density at radius 2 is 0.879 bits per heavy atom. The molecule has 0 unspecified atom stereocenters. The molecule has 0 saturated heterocycles. The number of esters is 1. The van der Waals surface area contributed by atoms with E-state index in [9.17, 15) is 4.79 Å². The third-order valence-corrected chi connectivity index (χ3v) is 6.65. The van der Waals surface area contributed by atoms with Gasteiger partial charge in [0.2, 0.25) is 0 Å². The molecule has 0 atom stereocenters. The second-order valence-corrected chi connectivity index (χ2v) is 10.1. The van der Waals surface area contributed by atoms with Gasteiger partial charge in [0.1, 0.15) is 0 Å². The fourth-order valence-corrected chi connectivity index (χ4v) is 4.35. The number of hydrogen-bond acceptors (Lipinski definition) is 2. The lowest BCUT2D eigenvalue weighted by molar-refractivity contribution is -0.143. The number of hydrogen-bond donors (Lipinski definition) is 0. The fraction of sp³-hybridized carbons (Fsp3) is 0.903. The molecule has 0 heterocycles. The van der Waals surface area contributed by atoms with Crippen molar-refractivity contribution in [3.05, 3.63) is 12.2 Å². The largest absolute Gasteiger partial charge is 0.466 e. The lowest BCUT2D eigenvalue weighted by Crippen LogP contribution is -2.05. The van der Waals surface area contributed by atoms with Gasteiger partial charge in [-0.25, -0.2) is 0 Å². The van der Waals surface area contributed by atoms with E-state index in [2.05, 4.69) is 26.0 Å². The van der Waals surface area contributed by atoms with Crippen LogP contribution in [0.15, 0.2) is 12.2 Å². The van der Waals surface area contributed by atoms with Crippen molar-refractivity contribution in [1.29, 1.82) is 0 Å². The van der Waals surface area contributed by atoms with Crippen LogP contribution in [0, 0.1) is 0 Å². The lowest BCUT2D eigenvalue weighted by atomic mass is 10.0. The van der Waals surface area contributed by atoms with Gasteiger partial charge < -0.3 is 4.74 Å². The third-order valence-electron chi connectivity index (χ3n) is 6.65. The minimum absolute atomic E-state index is 0.0132. The van der Waals surface area contributed by atoms with E-state index in [0.29, 0.717) is 13.0 Å². The van der Waals surface area contributed by atoms with Crippen molar-refractivity contribution in [3.63, 3.8) is 0 Å². The fourth-order valence-electron chi connectivity index (χ4n) is 4.35. The average molecular weight is 465 g/mol. The monoisotopic (exact) mass is 464 g/mol. The summed E-state index contributed by atoms with van der Waals surface area (Å²) in [4.78, 5) is 11.8. The Labute approximate surface area is 208 Å². The van der Waals surface area contributed by atoms with E-state index in [-0.39, 0.29) is 5.97 Å². The molecule has 0 saturated carbocycles. The van der Waals surface area contributed by atoms with Crippen molar-refractivity contribution in [2.45, 2.75) is 174 Å². The molecule has 0 aromatic carbocycles. The zero-order valence-electron chi connectivity index (χ0n) is 22.9. The summed E-state index contributed by atoms with van der Waals surface area (Å²) in [5.41, 5.74) is 0. The van der Waals surface area contributed by atoms with Crippen LogP contribution in [0.2, 0.25) is 0 Å². The summed E-state index contributed by atoms with van der Waals surface area (Å²) < 4.78 is 5.40. The summed E-state index contributed by atoms with van der Waals surface area (Å²) in [6.07, 6.45) is 36.8. The molecule has 0 bridgehead atoms. The van der Waals surface area contributed by atoms with Gasteiger partial charge in [-0.2, -0.15) is 0 Å². The van der Waals surface area contributed by atoms with Crippen molar-refractivity contribution < 1.29 is 9.53 Å². The maximum Gasteiger partial charge on any atom is 0.305 e. The van der Waals surface area contributed by atoms with E-state index in [1.807, 2.05) is 0 Å². The van der Waals surface area contributed by atoms with Crippen LogP contribution in [-0.4, -0.2) is 12.6 Å². The summed E-state index contributed by atoms with van der Waals surface area (Å²) >= 11 is 0. The van der Waals surface area contributed by atoms with E-state index in [1.54, 1.807) is 0 Å². The molecule has 0 radical (unpaired) electrons. The number of allylic oxidation sites excluding steroid dienone is 2. The van der Waals surface area contributed by atoms with Crippen LogP contribution in [0.4, 0.5) is 0 Å².